The second kappa shape index (κ2) is 6.86. The number of nitrogens with zero attached hydrogens (tertiary/aromatic N) is 3. The van der Waals surface area contributed by atoms with Crippen LogP contribution in [0.2, 0.25) is 0 Å². The van der Waals surface area contributed by atoms with Gasteiger partial charge in [-0.1, -0.05) is 6.07 Å². The molecule has 2 saturated heterocycles. The minimum absolute atomic E-state index is 0.0191. The maximum absolute atomic E-state index is 12.1. The fraction of sp³-hybridized carbons (Fsp3) is 0.500. The Labute approximate surface area is 140 Å². The van der Waals surface area contributed by atoms with Gasteiger partial charge < -0.3 is 15.5 Å². The SMILES string of the molecule is Cc1cccc(N2CCC[C@H](NC(=O)CN3C(=O)CNC3=O)C2)n1. The van der Waals surface area contributed by atoms with Crippen molar-refractivity contribution in [1.29, 1.82) is 0 Å². The third-order valence-electron chi connectivity index (χ3n) is 4.22. The normalized spacial score (nSPS) is 21.0. The average molecular weight is 331 g/mol. The van der Waals surface area contributed by atoms with Gasteiger partial charge in [0.15, 0.2) is 0 Å². The van der Waals surface area contributed by atoms with Crippen molar-refractivity contribution < 1.29 is 14.4 Å². The van der Waals surface area contributed by atoms with Crippen molar-refractivity contribution in [3.8, 4) is 0 Å². The van der Waals surface area contributed by atoms with Gasteiger partial charge in [-0.05, 0) is 31.9 Å². The van der Waals surface area contributed by atoms with Crippen molar-refractivity contribution in [3.05, 3.63) is 23.9 Å². The number of carbonyl (C=O) groups excluding carboxylic acids is 3. The maximum Gasteiger partial charge on any atom is 0.325 e. The summed E-state index contributed by atoms with van der Waals surface area (Å²) in [5.74, 6) is 0.219. The van der Waals surface area contributed by atoms with Crippen molar-refractivity contribution in [2.45, 2.75) is 25.8 Å². The Kier molecular flexibility index (Phi) is 4.64. The van der Waals surface area contributed by atoms with E-state index in [1.807, 2.05) is 25.1 Å². The Balaban J connectivity index is 1.56. The zero-order valence-electron chi connectivity index (χ0n) is 13.6. The molecule has 1 atom stereocenters. The van der Waals surface area contributed by atoms with Crippen LogP contribution in [0.3, 0.4) is 0 Å². The van der Waals surface area contributed by atoms with Gasteiger partial charge in [0, 0.05) is 24.8 Å². The van der Waals surface area contributed by atoms with Crippen molar-refractivity contribution in [1.82, 2.24) is 20.5 Å². The predicted octanol–water partition coefficient (Wildman–Crippen LogP) is 0.0268. The van der Waals surface area contributed by atoms with Gasteiger partial charge in [-0.15, -0.1) is 0 Å². The minimum atomic E-state index is -0.510. The Morgan fingerprint density at radius 1 is 1.42 bits per heavy atom. The number of hydrogen-bond donors (Lipinski definition) is 2. The summed E-state index contributed by atoms with van der Waals surface area (Å²) in [5, 5.41) is 5.32. The van der Waals surface area contributed by atoms with Crippen molar-refractivity contribution >= 4 is 23.7 Å². The largest absolute Gasteiger partial charge is 0.355 e. The molecule has 3 rings (SSSR count). The number of piperidine rings is 1. The third kappa shape index (κ3) is 3.64. The second-order valence-electron chi connectivity index (χ2n) is 6.13. The average Bonchev–Trinajstić information content (AvgIpc) is 2.87. The molecular weight excluding hydrogens is 310 g/mol. The first-order chi connectivity index (χ1) is 11.5. The lowest BCUT2D eigenvalue weighted by Crippen LogP contribution is -2.51. The topological polar surface area (TPSA) is 94.6 Å². The summed E-state index contributed by atoms with van der Waals surface area (Å²) in [6.45, 7) is 3.25. The Morgan fingerprint density at radius 3 is 2.96 bits per heavy atom. The van der Waals surface area contributed by atoms with Gasteiger partial charge in [0.2, 0.25) is 5.91 Å². The zero-order valence-corrected chi connectivity index (χ0v) is 13.6. The number of aromatic nitrogens is 1. The molecule has 0 unspecified atom stereocenters. The highest BCUT2D eigenvalue weighted by Gasteiger charge is 2.31. The monoisotopic (exact) mass is 331 g/mol. The van der Waals surface area contributed by atoms with Gasteiger partial charge >= 0.3 is 6.03 Å². The number of carbonyl (C=O) groups is 3. The number of urea groups is 1. The lowest BCUT2D eigenvalue weighted by atomic mass is 10.1. The molecule has 128 valence electrons. The van der Waals surface area contributed by atoms with Crippen LogP contribution in [0.4, 0.5) is 10.6 Å². The summed E-state index contributed by atoms with van der Waals surface area (Å²) in [4.78, 5) is 42.8. The van der Waals surface area contributed by atoms with E-state index in [4.69, 9.17) is 0 Å². The first-order valence-corrected chi connectivity index (χ1v) is 8.09. The zero-order chi connectivity index (χ0) is 17.1. The molecule has 2 fully saturated rings. The van der Waals surface area contributed by atoms with Gasteiger partial charge in [-0.3, -0.25) is 14.5 Å². The Hall–Kier alpha value is -2.64. The number of rotatable bonds is 4. The first-order valence-electron chi connectivity index (χ1n) is 8.09. The lowest BCUT2D eigenvalue weighted by molar-refractivity contribution is -0.130. The quantitative estimate of drug-likeness (QED) is 0.759. The highest BCUT2D eigenvalue weighted by atomic mass is 16.2. The van der Waals surface area contributed by atoms with E-state index in [1.54, 1.807) is 0 Å². The molecule has 2 aliphatic rings. The minimum Gasteiger partial charge on any atom is -0.355 e. The van der Waals surface area contributed by atoms with E-state index in [2.05, 4.69) is 20.5 Å². The van der Waals surface area contributed by atoms with Crippen molar-refractivity contribution in [3.63, 3.8) is 0 Å². The van der Waals surface area contributed by atoms with Gasteiger partial charge in [0.1, 0.15) is 12.4 Å². The summed E-state index contributed by atoms with van der Waals surface area (Å²) in [5.41, 5.74) is 0.956. The van der Waals surface area contributed by atoms with Crippen LogP contribution >= 0.6 is 0 Å². The summed E-state index contributed by atoms with van der Waals surface area (Å²) >= 11 is 0. The van der Waals surface area contributed by atoms with Gasteiger partial charge in [0.25, 0.3) is 5.91 Å². The number of hydrogen-bond acceptors (Lipinski definition) is 5. The summed E-state index contributed by atoms with van der Waals surface area (Å²) in [6, 6.07) is 5.35. The van der Waals surface area contributed by atoms with E-state index in [-0.39, 0.29) is 30.9 Å². The molecule has 0 spiro atoms. The number of amides is 4. The smallest absolute Gasteiger partial charge is 0.325 e. The van der Waals surface area contributed by atoms with Crippen LogP contribution < -0.4 is 15.5 Å². The molecular formula is C16H21N5O3. The van der Waals surface area contributed by atoms with E-state index in [0.29, 0.717) is 6.54 Å². The molecule has 0 aromatic carbocycles. The van der Waals surface area contributed by atoms with Gasteiger partial charge in [-0.2, -0.15) is 0 Å². The van der Waals surface area contributed by atoms with E-state index in [1.165, 1.54) is 0 Å². The summed E-state index contributed by atoms with van der Waals surface area (Å²) < 4.78 is 0. The molecule has 4 amide bonds. The van der Waals surface area contributed by atoms with E-state index in [0.717, 1.165) is 35.8 Å². The van der Waals surface area contributed by atoms with Crippen LogP contribution in [0.5, 0.6) is 0 Å². The molecule has 0 saturated carbocycles. The molecule has 0 aliphatic carbocycles. The molecule has 1 aromatic heterocycles. The molecule has 24 heavy (non-hydrogen) atoms. The van der Waals surface area contributed by atoms with Gasteiger partial charge in [0.05, 0.1) is 6.54 Å². The maximum atomic E-state index is 12.1. The van der Waals surface area contributed by atoms with E-state index >= 15 is 0 Å². The highest BCUT2D eigenvalue weighted by molar-refractivity contribution is 6.04. The van der Waals surface area contributed by atoms with Crippen molar-refractivity contribution in [2.24, 2.45) is 0 Å². The predicted molar refractivity (Wildman–Crippen MR) is 87.5 cm³/mol. The number of imide groups is 1. The van der Waals surface area contributed by atoms with Crippen LogP contribution in [0.15, 0.2) is 18.2 Å². The summed E-state index contributed by atoms with van der Waals surface area (Å²) in [7, 11) is 0. The first kappa shape index (κ1) is 16.2. The molecule has 0 radical (unpaired) electrons. The van der Waals surface area contributed by atoms with Crippen LogP contribution in [0.1, 0.15) is 18.5 Å². The third-order valence-corrected chi connectivity index (χ3v) is 4.22. The fourth-order valence-corrected chi connectivity index (χ4v) is 3.04. The van der Waals surface area contributed by atoms with Crippen LogP contribution in [0.25, 0.3) is 0 Å². The molecule has 3 heterocycles. The second-order valence-corrected chi connectivity index (χ2v) is 6.13. The standard InChI is InChI=1S/C16H21N5O3/c1-11-4-2-6-13(18-11)20-7-3-5-12(9-20)19-14(22)10-21-15(23)8-17-16(21)24/h2,4,6,12H,3,5,7-10H2,1H3,(H,17,24)(H,19,22)/t12-/m0/s1. The van der Waals surface area contributed by atoms with E-state index in [9.17, 15) is 14.4 Å². The molecule has 2 aliphatic heterocycles. The van der Waals surface area contributed by atoms with Crippen LogP contribution in [-0.2, 0) is 9.59 Å². The lowest BCUT2D eigenvalue weighted by Gasteiger charge is -2.34. The Bertz CT molecular complexity index is 647. The van der Waals surface area contributed by atoms with Gasteiger partial charge in [-0.25, -0.2) is 9.78 Å². The molecule has 0 bridgehead atoms. The number of anilines is 1. The molecule has 8 nitrogen and oxygen atoms in total. The number of aryl methyl sites for hydroxylation is 1. The summed E-state index contributed by atoms with van der Waals surface area (Å²) in [6.07, 6.45) is 1.82. The molecule has 1 aromatic rings. The van der Waals surface area contributed by atoms with Crippen molar-refractivity contribution in [2.75, 3.05) is 31.1 Å². The van der Waals surface area contributed by atoms with E-state index < -0.39 is 6.03 Å². The van der Waals surface area contributed by atoms with Crippen LogP contribution in [0, 0.1) is 6.92 Å². The number of nitrogens with one attached hydrogen (secondary N) is 2. The molecule has 2 N–H and O–H groups in total. The highest BCUT2D eigenvalue weighted by Crippen LogP contribution is 2.18. The molecule has 8 heteroatoms. The van der Waals surface area contributed by atoms with Crippen LogP contribution in [-0.4, -0.2) is 60.0 Å². The fourth-order valence-electron chi connectivity index (χ4n) is 3.04. The Morgan fingerprint density at radius 2 is 2.25 bits per heavy atom. The number of pyridine rings is 1.